The monoisotopic (exact) mass is 390 g/mol. The summed E-state index contributed by atoms with van der Waals surface area (Å²) in [5.41, 5.74) is 2.70. The second-order valence-corrected chi connectivity index (χ2v) is 8.46. The molecule has 2 aromatic carbocycles. The van der Waals surface area contributed by atoms with Crippen molar-refractivity contribution >= 4 is 15.9 Å². The molecule has 0 heterocycles. The summed E-state index contributed by atoms with van der Waals surface area (Å²) in [6.45, 7) is 4.76. The van der Waals surface area contributed by atoms with Crippen molar-refractivity contribution in [2.45, 2.75) is 31.1 Å². The molecule has 0 radical (unpaired) electrons. The zero-order chi connectivity index (χ0) is 20.0. The van der Waals surface area contributed by atoms with E-state index in [4.69, 9.17) is 4.84 Å². The van der Waals surface area contributed by atoms with E-state index in [0.29, 0.717) is 18.9 Å². The number of hydroxylamine groups is 1. The predicted octanol–water partition coefficient (Wildman–Crippen LogP) is 2.96. The van der Waals surface area contributed by atoms with Crippen LogP contribution in [0.15, 0.2) is 53.4 Å². The van der Waals surface area contributed by atoms with Crippen LogP contribution >= 0.6 is 0 Å². The zero-order valence-corrected chi connectivity index (χ0v) is 16.9. The van der Waals surface area contributed by atoms with Crippen molar-refractivity contribution < 1.29 is 18.0 Å². The van der Waals surface area contributed by atoms with E-state index in [0.717, 1.165) is 10.0 Å². The summed E-state index contributed by atoms with van der Waals surface area (Å²) in [7, 11) is -1.22. The van der Waals surface area contributed by atoms with Crippen molar-refractivity contribution in [1.29, 1.82) is 0 Å². The Morgan fingerprint density at radius 3 is 2.41 bits per heavy atom. The third kappa shape index (κ3) is 5.38. The summed E-state index contributed by atoms with van der Waals surface area (Å²) in [6.07, 6.45) is 0.703. The van der Waals surface area contributed by atoms with Crippen LogP contribution in [0.4, 0.5) is 0 Å². The van der Waals surface area contributed by atoms with Gasteiger partial charge in [0.25, 0.3) is 15.9 Å². The van der Waals surface area contributed by atoms with Crippen LogP contribution in [0.5, 0.6) is 0 Å². The number of nitrogens with one attached hydrogen (secondary N) is 1. The molecule has 0 saturated carbocycles. The number of rotatable bonds is 8. The molecule has 0 aliphatic carbocycles. The summed E-state index contributed by atoms with van der Waals surface area (Å²) >= 11 is 0. The fourth-order valence-electron chi connectivity index (χ4n) is 2.54. The normalized spacial score (nSPS) is 11.8. The first-order valence-electron chi connectivity index (χ1n) is 8.76. The third-order valence-electron chi connectivity index (χ3n) is 4.34. The predicted molar refractivity (Wildman–Crippen MR) is 105 cm³/mol. The standard InChI is InChI=1S/C20H26N2O4S/c1-15(2)17-10-8-16(9-11-17)12-13-21-20(23)18-6-5-7-19(14-18)27(24,25)22(3)26-4/h5-11,14-15H,12-13H2,1-4H3,(H,21,23). The average molecular weight is 391 g/mol. The second-order valence-electron chi connectivity index (χ2n) is 6.53. The van der Waals surface area contributed by atoms with Crippen LogP contribution in [0.2, 0.25) is 0 Å². The van der Waals surface area contributed by atoms with E-state index < -0.39 is 10.0 Å². The zero-order valence-electron chi connectivity index (χ0n) is 16.1. The number of carbonyl (C=O) groups excluding carboxylic acids is 1. The molecule has 1 N–H and O–H groups in total. The number of hydrogen-bond donors (Lipinski definition) is 1. The van der Waals surface area contributed by atoms with Crippen LogP contribution in [0.25, 0.3) is 0 Å². The molecule has 0 bridgehead atoms. The van der Waals surface area contributed by atoms with Crippen molar-refractivity contribution in [3.05, 3.63) is 65.2 Å². The Morgan fingerprint density at radius 1 is 1.15 bits per heavy atom. The minimum Gasteiger partial charge on any atom is -0.352 e. The van der Waals surface area contributed by atoms with Gasteiger partial charge in [0.15, 0.2) is 0 Å². The summed E-state index contributed by atoms with van der Waals surface area (Å²) in [6, 6.07) is 14.2. The Hall–Kier alpha value is -2.22. The Labute approximate surface area is 161 Å². The van der Waals surface area contributed by atoms with E-state index in [9.17, 15) is 13.2 Å². The molecule has 0 unspecified atom stereocenters. The van der Waals surface area contributed by atoms with Crippen molar-refractivity contribution in [3.8, 4) is 0 Å². The van der Waals surface area contributed by atoms with Gasteiger partial charge in [-0.3, -0.25) is 9.63 Å². The summed E-state index contributed by atoms with van der Waals surface area (Å²) in [5, 5.41) is 2.83. The van der Waals surface area contributed by atoms with Gasteiger partial charge in [0.05, 0.1) is 12.0 Å². The van der Waals surface area contributed by atoms with Gasteiger partial charge in [0.1, 0.15) is 0 Å². The van der Waals surface area contributed by atoms with Gasteiger partial charge in [0, 0.05) is 19.2 Å². The third-order valence-corrected chi connectivity index (χ3v) is 6.01. The maximum Gasteiger partial charge on any atom is 0.264 e. The van der Waals surface area contributed by atoms with Crippen LogP contribution < -0.4 is 5.32 Å². The lowest BCUT2D eigenvalue weighted by Gasteiger charge is -2.14. The second kappa shape index (κ2) is 9.12. The first-order valence-corrected chi connectivity index (χ1v) is 10.2. The molecule has 0 saturated heterocycles. The fraction of sp³-hybridized carbons (Fsp3) is 0.350. The van der Waals surface area contributed by atoms with Gasteiger partial charge < -0.3 is 5.32 Å². The minimum atomic E-state index is -3.79. The maximum atomic E-state index is 12.3. The first-order chi connectivity index (χ1) is 12.8. The molecule has 0 aromatic heterocycles. The highest BCUT2D eigenvalue weighted by Gasteiger charge is 2.21. The number of nitrogens with zero attached hydrogens (tertiary/aromatic N) is 1. The van der Waals surface area contributed by atoms with Crippen molar-refractivity contribution in [2.24, 2.45) is 0 Å². The van der Waals surface area contributed by atoms with Crippen molar-refractivity contribution in [1.82, 2.24) is 9.79 Å². The number of sulfonamides is 1. The molecule has 0 aliphatic rings. The van der Waals surface area contributed by atoms with Crippen LogP contribution in [0.3, 0.4) is 0 Å². The quantitative estimate of drug-likeness (QED) is 0.703. The molecule has 0 atom stereocenters. The number of carbonyl (C=O) groups is 1. The molecule has 2 aromatic rings. The molecule has 0 spiro atoms. The Balaban J connectivity index is 1.99. The van der Waals surface area contributed by atoms with Gasteiger partial charge in [-0.15, -0.1) is 0 Å². The minimum absolute atomic E-state index is 0.00349. The van der Waals surface area contributed by atoms with Crippen LogP contribution in [-0.4, -0.2) is 39.5 Å². The van der Waals surface area contributed by atoms with Gasteiger partial charge in [-0.2, -0.15) is 0 Å². The molecule has 0 fully saturated rings. The Kier molecular flexibility index (Phi) is 7.12. The van der Waals surface area contributed by atoms with Crippen LogP contribution in [0.1, 0.15) is 41.3 Å². The highest BCUT2D eigenvalue weighted by atomic mass is 32.2. The lowest BCUT2D eigenvalue weighted by Crippen LogP contribution is -2.27. The molecular weight excluding hydrogens is 364 g/mol. The Morgan fingerprint density at radius 2 is 1.81 bits per heavy atom. The van der Waals surface area contributed by atoms with Gasteiger partial charge in [-0.25, -0.2) is 8.42 Å². The smallest absolute Gasteiger partial charge is 0.264 e. The lowest BCUT2D eigenvalue weighted by atomic mass is 10.0. The first kappa shape index (κ1) is 21.1. The Bertz CT molecular complexity index is 877. The molecule has 7 heteroatoms. The molecular formula is C20H26N2O4S. The van der Waals surface area contributed by atoms with Gasteiger partial charge in [0.2, 0.25) is 0 Å². The summed E-state index contributed by atoms with van der Waals surface area (Å²) in [5.74, 6) is 0.172. The van der Waals surface area contributed by atoms with Crippen molar-refractivity contribution in [3.63, 3.8) is 0 Å². The SMILES string of the molecule is CON(C)S(=O)(=O)c1cccc(C(=O)NCCc2ccc(C(C)C)cc2)c1. The van der Waals surface area contributed by atoms with Gasteiger partial charge in [-0.1, -0.05) is 48.6 Å². The maximum absolute atomic E-state index is 12.3. The summed E-state index contributed by atoms with van der Waals surface area (Å²) in [4.78, 5) is 17.1. The van der Waals surface area contributed by atoms with Crippen LogP contribution in [-0.2, 0) is 21.3 Å². The van der Waals surface area contributed by atoms with Gasteiger partial charge >= 0.3 is 0 Å². The van der Waals surface area contributed by atoms with Crippen molar-refractivity contribution in [2.75, 3.05) is 20.7 Å². The van der Waals surface area contributed by atoms with E-state index in [1.165, 1.54) is 37.9 Å². The lowest BCUT2D eigenvalue weighted by molar-refractivity contribution is -0.0258. The molecule has 6 nitrogen and oxygen atoms in total. The van der Waals surface area contributed by atoms with Crippen LogP contribution in [0, 0.1) is 0 Å². The van der Waals surface area contributed by atoms with E-state index in [1.54, 1.807) is 6.07 Å². The molecule has 146 valence electrons. The van der Waals surface area contributed by atoms with Gasteiger partial charge in [-0.05, 0) is 41.7 Å². The topological polar surface area (TPSA) is 75.7 Å². The molecule has 27 heavy (non-hydrogen) atoms. The molecule has 1 amide bonds. The number of amides is 1. The van der Waals surface area contributed by atoms with E-state index in [1.807, 2.05) is 0 Å². The van der Waals surface area contributed by atoms with E-state index >= 15 is 0 Å². The number of hydrogen-bond acceptors (Lipinski definition) is 4. The summed E-state index contributed by atoms with van der Waals surface area (Å²) < 4.78 is 25.3. The highest BCUT2D eigenvalue weighted by Crippen LogP contribution is 2.16. The van der Waals surface area contributed by atoms with E-state index in [2.05, 4.69) is 43.4 Å². The number of benzene rings is 2. The molecule has 2 rings (SSSR count). The largest absolute Gasteiger partial charge is 0.352 e. The van der Waals surface area contributed by atoms with E-state index in [-0.39, 0.29) is 16.4 Å². The fourth-order valence-corrected chi connectivity index (χ4v) is 3.56. The highest BCUT2D eigenvalue weighted by molar-refractivity contribution is 7.89. The average Bonchev–Trinajstić information content (AvgIpc) is 2.67. The molecule has 0 aliphatic heterocycles.